The molecule has 0 bridgehead atoms. The van der Waals surface area contributed by atoms with Crippen molar-refractivity contribution < 1.29 is 14.5 Å². The molecule has 0 fully saturated rings. The van der Waals surface area contributed by atoms with Crippen LogP contribution < -0.4 is 10.2 Å². The van der Waals surface area contributed by atoms with Crippen LogP contribution in [0.1, 0.15) is 28.1 Å². The standard InChI is InChI=1S/C22H23N5O4/c1-15-10-16(2)26(25-15)14-19-11-18(6-9-21(19)31-3)13-23-24-22(28)12-17-4-7-20(8-5-17)27(29)30/h4-11,13H,12,14H2,1-3H3,(H,24,28)/b23-13+. The Morgan fingerprint density at radius 3 is 2.58 bits per heavy atom. The lowest BCUT2D eigenvalue weighted by atomic mass is 10.1. The number of nitrogens with one attached hydrogen (secondary N) is 1. The van der Waals surface area contributed by atoms with Crippen LogP contribution >= 0.6 is 0 Å². The predicted molar refractivity (Wildman–Crippen MR) is 116 cm³/mol. The zero-order valence-electron chi connectivity index (χ0n) is 17.5. The molecule has 1 amide bonds. The molecule has 1 N–H and O–H groups in total. The van der Waals surface area contributed by atoms with Crippen molar-refractivity contribution in [3.63, 3.8) is 0 Å². The summed E-state index contributed by atoms with van der Waals surface area (Å²) >= 11 is 0. The Hall–Kier alpha value is -4.01. The van der Waals surface area contributed by atoms with Crippen LogP contribution in [0.25, 0.3) is 0 Å². The number of carbonyl (C=O) groups is 1. The second-order valence-corrected chi connectivity index (χ2v) is 7.05. The fourth-order valence-electron chi connectivity index (χ4n) is 3.14. The fraction of sp³-hybridized carbons (Fsp3) is 0.227. The molecule has 0 saturated carbocycles. The van der Waals surface area contributed by atoms with E-state index in [9.17, 15) is 14.9 Å². The molecule has 0 unspecified atom stereocenters. The first kappa shape index (κ1) is 21.7. The van der Waals surface area contributed by atoms with Gasteiger partial charge in [-0.1, -0.05) is 12.1 Å². The molecule has 0 saturated heterocycles. The molecule has 3 aromatic rings. The van der Waals surface area contributed by atoms with Crippen LogP contribution in [-0.4, -0.2) is 33.9 Å². The zero-order chi connectivity index (χ0) is 22.4. The van der Waals surface area contributed by atoms with Gasteiger partial charge in [-0.3, -0.25) is 19.6 Å². The first-order valence-corrected chi connectivity index (χ1v) is 9.59. The summed E-state index contributed by atoms with van der Waals surface area (Å²) in [5.41, 5.74) is 6.86. The number of benzene rings is 2. The third kappa shape index (κ3) is 5.75. The number of nitro groups is 1. The molecule has 0 aliphatic heterocycles. The number of amides is 1. The maximum atomic E-state index is 12.1. The number of nitrogens with zero attached hydrogens (tertiary/aromatic N) is 4. The van der Waals surface area contributed by atoms with E-state index in [1.807, 2.05) is 42.8 Å². The molecule has 0 spiro atoms. The number of non-ortho nitro benzene ring substituents is 1. The number of hydrogen-bond donors (Lipinski definition) is 1. The molecule has 0 atom stereocenters. The Bertz CT molecular complexity index is 1120. The summed E-state index contributed by atoms with van der Waals surface area (Å²) in [6, 6.07) is 13.5. The smallest absolute Gasteiger partial charge is 0.269 e. The van der Waals surface area contributed by atoms with Gasteiger partial charge >= 0.3 is 0 Å². The highest BCUT2D eigenvalue weighted by Crippen LogP contribution is 2.21. The minimum absolute atomic E-state index is 0.0158. The van der Waals surface area contributed by atoms with Crippen LogP contribution in [0.4, 0.5) is 5.69 Å². The van der Waals surface area contributed by atoms with Crippen LogP contribution in [0.15, 0.2) is 53.6 Å². The molecule has 0 aliphatic rings. The lowest BCUT2D eigenvalue weighted by Gasteiger charge is -2.11. The Labute approximate surface area is 179 Å². The monoisotopic (exact) mass is 421 g/mol. The van der Waals surface area contributed by atoms with E-state index >= 15 is 0 Å². The van der Waals surface area contributed by atoms with Crippen molar-refractivity contribution in [2.24, 2.45) is 5.10 Å². The second-order valence-electron chi connectivity index (χ2n) is 7.05. The maximum absolute atomic E-state index is 12.1. The summed E-state index contributed by atoms with van der Waals surface area (Å²) in [5, 5.41) is 19.2. The summed E-state index contributed by atoms with van der Waals surface area (Å²) < 4.78 is 7.36. The second kappa shape index (κ2) is 9.66. The van der Waals surface area contributed by atoms with E-state index < -0.39 is 4.92 Å². The van der Waals surface area contributed by atoms with Gasteiger partial charge in [0.15, 0.2) is 0 Å². The van der Waals surface area contributed by atoms with Gasteiger partial charge in [-0.2, -0.15) is 10.2 Å². The number of nitro benzene ring substituents is 1. The number of hydrogen-bond acceptors (Lipinski definition) is 6. The highest BCUT2D eigenvalue weighted by atomic mass is 16.6. The van der Waals surface area contributed by atoms with Crippen molar-refractivity contribution >= 4 is 17.8 Å². The molecule has 2 aromatic carbocycles. The highest BCUT2D eigenvalue weighted by Gasteiger charge is 2.09. The average Bonchev–Trinajstić information content (AvgIpc) is 3.05. The first-order chi connectivity index (χ1) is 14.9. The number of rotatable bonds is 8. The molecule has 3 rings (SSSR count). The Balaban J connectivity index is 1.64. The van der Waals surface area contributed by atoms with Gasteiger partial charge in [-0.25, -0.2) is 5.43 Å². The van der Waals surface area contributed by atoms with E-state index in [2.05, 4.69) is 15.6 Å². The first-order valence-electron chi connectivity index (χ1n) is 9.59. The van der Waals surface area contributed by atoms with Gasteiger partial charge in [0, 0.05) is 23.4 Å². The van der Waals surface area contributed by atoms with Crippen molar-refractivity contribution in [3.05, 3.63) is 86.7 Å². The van der Waals surface area contributed by atoms with E-state index in [0.29, 0.717) is 12.1 Å². The average molecular weight is 421 g/mol. The van der Waals surface area contributed by atoms with Gasteiger partial charge < -0.3 is 4.74 Å². The number of hydrazone groups is 1. The van der Waals surface area contributed by atoms with Gasteiger partial charge in [0.05, 0.1) is 36.9 Å². The summed E-state index contributed by atoms with van der Waals surface area (Å²) in [6.07, 6.45) is 1.62. The number of carbonyl (C=O) groups excluding carboxylic acids is 1. The van der Waals surface area contributed by atoms with Gasteiger partial charge in [0.1, 0.15) is 5.75 Å². The number of aryl methyl sites for hydroxylation is 2. The molecule has 0 radical (unpaired) electrons. The minimum Gasteiger partial charge on any atom is -0.496 e. The van der Waals surface area contributed by atoms with Crippen molar-refractivity contribution in [2.45, 2.75) is 26.8 Å². The molecule has 1 aromatic heterocycles. The Morgan fingerprint density at radius 2 is 1.97 bits per heavy atom. The van der Waals surface area contributed by atoms with Crippen LogP contribution in [0, 0.1) is 24.0 Å². The van der Waals surface area contributed by atoms with E-state index in [0.717, 1.165) is 28.3 Å². The fourth-order valence-corrected chi connectivity index (χ4v) is 3.14. The third-order valence-corrected chi connectivity index (χ3v) is 4.64. The molecule has 160 valence electrons. The predicted octanol–water partition coefficient (Wildman–Crippen LogP) is 3.16. The SMILES string of the molecule is COc1ccc(/C=N/NC(=O)Cc2ccc([N+](=O)[O-])cc2)cc1Cn1nc(C)cc1C. The van der Waals surface area contributed by atoms with Crippen molar-refractivity contribution in [1.82, 2.24) is 15.2 Å². The maximum Gasteiger partial charge on any atom is 0.269 e. The van der Waals surface area contributed by atoms with E-state index in [4.69, 9.17) is 4.74 Å². The zero-order valence-corrected chi connectivity index (χ0v) is 17.5. The molecule has 31 heavy (non-hydrogen) atoms. The van der Waals surface area contributed by atoms with Crippen LogP contribution in [0.2, 0.25) is 0 Å². The minimum atomic E-state index is -0.480. The Morgan fingerprint density at radius 1 is 1.23 bits per heavy atom. The van der Waals surface area contributed by atoms with Gasteiger partial charge in [0.2, 0.25) is 5.91 Å². The largest absolute Gasteiger partial charge is 0.496 e. The number of methoxy groups -OCH3 is 1. The number of ether oxygens (including phenoxy) is 1. The lowest BCUT2D eigenvalue weighted by molar-refractivity contribution is -0.384. The number of aromatic nitrogens is 2. The van der Waals surface area contributed by atoms with Gasteiger partial charge in [0.25, 0.3) is 5.69 Å². The molecular weight excluding hydrogens is 398 g/mol. The van der Waals surface area contributed by atoms with Crippen LogP contribution in [-0.2, 0) is 17.8 Å². The highest BCUT2D eigenvalue weighted by molar-refractivity contribution is 5.83. The van der Waals surface area contributed by atoms with Crippen LogP contribution in [0.5, 0.6) is 5.75 Å². The molecule has 9 nitrogen and oxygen atoms in total. The quantitative estimate of drug-likeness (QED) is 0.341. The van der Waals surface area contributed by atoms with E-state index in [-0.39, 0.29) is 18.0 Å². The normalized spacial score (nSPS) is 10.9. The van der Waals surface area contributed by atoms with E-state index in [1.165, 1.54) is 12.1 Å². The van der Waals surface area contributed by atoms with Gasteiger partial charge in [-0.15, -0.1) is 0 Å². The summed E-state index contributed by atoms with van der Waals surface area (Å²) in [4.78, 5) is 22.3. The van der Waals surface area contributed by atoms with Crippen molar-refractivity contribution in [1.29, 1.82) is 0 Å². The lowest BCUT2D eigenvalue weighted by Crippen LogP contribution is -2.19. The summed E-state index contributed by atoms with van der Waals surface area (Å²) in [7, 11) is 1.62. The summed E-state index contributed by atoms with van der Waals surface area (Å²) in [6.45, 7) is 4.50. The van der Waals surface area contributed by atoms with Crippen molar-refractivity contribution in [3.8, 4) is 5.75 Å². The van der Waals surface area contributed by atoms with E-state index in [1.54, 1.807) is 25.5 Å². The molecule has 1 heterocycles. The Kier molecular flexibility index (Phi) is 6.76. The van der Waals surface area contributed by atoms with Crippen molar-refractivity contribution in [2.75, 3.05) is 7.11 Å². The molecular formula is C22H23N5O4. The van der Waals surface area contributed by atoms with Gasteiger partial charge in [-0.05, 0) is 49.2 Å². The third-order valence-electron chi connectivity index (χ3n) is 4.64. The molecule has 9 heteroatoms. The van der Waals surface area contributed by atoms with Crippen LogP contribution in [0.3, 0.4) is 0 Å². The topological polar surface area (TPSA) is 112 Å². The summed E-state index contributed by atoms with van der Waals surface area (Å²) in [5.74, 6) is 0.424. The molecule has 0 aliphatic carbocycles.